The molecule has 0 unspecified atom stereocenters. The summed E-state index contributed by atoms with van der Waals surface area (Å²) in [6.45, 7) is 0.294. The van der Waals surface area contributed by atoms with Crippen molar-refractivity contribution in [1.29, 1.82) is 0 Å². The third-order valence-corrected chi connectivity index (χ3v) is 2.83. The highest BCUT2D eigenvalue weighted by atomic mass is 16.5. The van der Waals surface area contributed by atoms with Crippen LogP contribution in [0.2, 0.25) is 0 Å². The molecule has 0 bridgehead atoms. The van der Waals surface area contributed by atoms with Crippen LogP contribution in [0.25, 0.3) is 0 Å². The lowest BCUT2D eigenvalue weighted by atomic mass is 10.1. The number of hydrogen-bond donors (Lipinski definition) is 2. The summed E-state index contributed by atoms with van der Waals surface area (Å²) in [6.07, 6.45) is 1.35. The molecule has 2 rings (SSSR count). The van der Waals surface area contributed by atoms with Crippen molar-refractivity contribution in [2.24, 2.45) is 0 Å². The number of methoxy groups -OCH3 is 3. The van der Waals surface area contributed by atoms with Crippen LogP contribution in [0.4, 0.5) is 0 Å². The molecule has 112 valence electrons. The molecule has 0 spiro atoms. The van der Waals surface area contributed by atoms with Gasteiger partial charge in [-0.05, 0) is 17.7 Å². The smallest absolute Gasteiger partial charge is 0.273 e. The number of aromatic nitrogens is 3. The average molecular weight is 292 g/mol. The van der Waals surface area contributed by atoms with Crippen LogP contribution in [0.15, 0.2) is 18.3 Å². The molecule has 0 saturated carbocycles. The van der Waals surface area contributed by atoms with Gasteiger partial charge < -0.3 is 19.5 Å². The largest absolute Gasteiger partial charge is 0.493 e. The third-order valence-electron chi connectivity index (χ3n) is 2.83. The first-order valence-electron chi connectivity index (χ1n) is 6.12. The lowest BCUT2D eigenvalue weighted by molar-refractivity contribution is 0.0945. The fraction of sp³-hybridized carbons (Fsp3) is 0.308. The van der Waals surface area contributed by atoms with E-state index in [-0.39, 0.29) is 11.6 Å². The van der Waals surface area contributed by atoms with Gasteiger partial charge in [0.25, 0.3) is 5.91 Å². The summed E-state index contributed by atoms with van der Waals surface area (Å²) in [5, 5.41) is 12.4. The van der Waals surface area contributed by atoms with Crippen molar-refractivity contribution in [3.05, 3.63) is 29.6 Å². The van der Waals surface area contributed by atoms with E-state index in [0.717, 1.165) is 5.56 Å². The zero-order chi connectivity index (χ0) is 15.2. The van der Waals surface area contributed by atoms with Crippen LogP contribution in [-0.2, 0) is 6.54 Å². The van der Waals surface area contributed by atoms with E-state index in [1.165, 1.54) is 27.5 Å². The summed E-state index contributed by atoms with van der Waals surface area (Å²) in [5.74, 6) is 1.24. The summed E-state index contributed by atoms with van der Waals surface area (Å²) in [5.41, 5.74) is 1.03. The number of carbonyl (C=O) groups is 1. The molecule has 1 aromatic heterocycles. The molecule has 0 fully saturated rings. The second-order valence-corrected chi connectivity index (χ2v) is 4.07. The maximum atomic E-state index is 11.8. The van der Waals surface area contributed by atoms with Crippen LogP contribution in [0, 0.1) is 0 Å². The molecule has 2 aromatic rings. The SMILES string of the molecule is COc1cc(CNC(=O)c2cn[nH]n2)cc(OC)c1OC. The topological polar surface area (TPSA) is 98.4 Å². The first kappa shape index (κ1) is 14.6. The predicted octanol–water partition coefficient (Wildman–Crippen LogP) is 0.760. The van der Waals surface area contributed by atoms with Crippen LogP contribution in [0.3, 0.4) is 0 Å². The molecular formula is C13H16N4O4. The molecule has 0 saturated heterocycles. The van der Waals surface area contributed by atoms with Crippen LogP contribution >= 0.6 is 0 Å². The summed E-state index contributed by atoms with van der Waals surface area (Å²) in [6, 6.07) is 3.54. The Hall–Kier alpha value is -2.77. The molecule has 0 aliphatic rings. The maximum absolute atomic E-state index is 11.8. The first-order chi connectivity index (χ1) is 10.2. The van der Waals surface area contributed by atoms with E-state index in [0.29, 0.717) is 23.8 Å². The standard InChI is InChI=1S/C13H16N4O4/c1-19-10-4-8(5-11(20-2)12(10)21-3)6-14-13(18)9-7-15-17-16-9/h4-5,7H,6H2,1-3H3,(H,14,18)(H,15,16,17). The quantitative estimate of drug-likeness (QED) is 0.815. The normalized spacial score (nSPS) is 10.0. The fourth-order valence-corrected chi connectivity index (χ4v) is 1.82. The van der Waals surface area contributed by atoms with Crippen LogP contribution in [0.1, 0.15) is 16.1 Å². The maximum Gasteiger partial charge on any atom is 0.273 e. The number of amides is 1. The summed E-state index contributed by atoms with van der Waals surface area (Å²) < 4.78 is 15.7. The van der Waals surface area contributed by atoms with Gasteiger partial charge in [0, 0.05) is 6.54 Å². The van der Waals surface area contributed by atoms with Gasteiger partial charge in [-0.2, -0.15) is 15.4 Å². The number of benzene rings is 1. The second-order valence-electron chi connectivity index (χ2n) is 4.07. The van der Waals surface area contributed by atoms with Crippen molar-refractivity contribution >= 4 is 5.91 Å². The van der Waals surface area contributed by atoms with Crippen molar-refractivity contribution in [3.63, 3.8) is 0 Å². The molecule has 1 amide bonds. The number of nitrogens with zero attached hydrogens (tertiary/aromatic N) is 2. The van der Waals surface area contributed by atoms with E-state index in [9.17, 15) is 4.79 Å². The zero-order valence-corrected chi connectivity index (χ0v) is 12.0. The monoisotopic (exact) mass is 292 g/mol. The number of H-pyrrole nitrogens is 1. The Bertz CT molecular complexity index is 588. The van der Waals surface area contributed by atoms with Crippen molar-refractivity contribution in [3.8, 4) is 17.2 Å². The van der Waals surface area contributed by atoms with E-state index >= 15 is 0 Å². The van der Waals surface area contributed by atoms with E-state index in [2.05, 4.69) is 20.7 Å². The van der Waals surface area contributed by atoms with Gasteiger partial charge in [0.15, 0.2) is 17.2 Å². The second kappa shape index (κ2) is 6.60. The fourth-order valence-electron chi connectivity index (χ4n) is 1.82. The average Bonchev–Trinajstić information content (AvgIpc) is 3.05. The Labute approximate surface area is 121 Å². The molecule has 21 heavy (non-hydrogen) atoms. The lowest BCUT2D eigenvalue weighted by Crippen LogP contribution is -2.23. The van der Waals surface area contributed by atoms with Gasteiger partial charge in [-0.1, -0.05) is 0 Å². The Kier molecular flexibility index (Phi) is 4.60. The molecule has 1 heterocycles. The number of rotatable bonds is 6. The van der Waals surface area contributed by atoms with Crippen molar-refractivity contribution in [2.45, 2.75) is 6.54 Å². The van der Waals surface area contributed by atoms with E-state index < -0.39 is 0 Å². The van der Waals surface area contributed by atoms with Crippen molar-refractivity contribution < 1.29 is 19.0 Å². The first-order valence-corrected chi connectivity index (χ1v) is 6.12. The highest BCUT2D eigenvalue weighted by molar-refractivity contribution is 5.91. The van der Waals surface area contributed by atoms with Crippen LogP contribution in [0.5, 0.6) is 17.2 Å². The molecule has 0 atom stereocenters. The van der Waals surface area contributed by atoms with E-state index in [1.54, 1.807) is 12.1 Å². The van der Waals surface area contributed by atoms with Gasteiger partial charge in [-0.25, -0.2) is 0 Å². The van der Waals surface area contributed by atoms with Gasteiger partial charge in [-0.15, -0.1) is 0 Å². The Balaban J connectivity index is 2.15. The van der Waals surface area contributed by atoms with Gasteiger partial charge in [-0.3, -0.25) is 4.79 Å². The number of aromatic amines is 1. The molecule has 0 aliphatic carbocycles. The number of hydrogen-bond acceptors (Lipinski definition) is 6. The molecule has 2 N–H and O–H groups in total. The van der Waals surface area contributed by atoms with Crippen molar-refractivity contribution in [2.75, 3.05) is 21.3 Å². The van der Waals surface area contributed by atoms with Crippen molar-refractivity contribution in [1.82, 2.24) is 20.7 Å². The highest BCUT2D eigenvalue weighted by Crippen LogP contribution is 2.38. The minimum atomic E-state index is -0.322. The van der Waals surface area contributed by atoms with Crippen LogP contribution < -0.4 is 19.5 Å². The Morgan fingerprint density at radius 1 is 1.19 bits per heavy atom. The number of nitrogens with one attached hydrogen (secondary N) is 2. The highest BCUT2D eigenvalue weighted by Gasteiger charge is 2.14. The molecule has 1 aromatic carbocycles. The minimum Gasteiger partial charge on any atom is -0.493 e. The van der Waals surface area contributed by atoms with Gasteiger partial charge >= 0.3 is 0 Å². The van der Waals surface area contributed by atoms with Crippen LogP contribution in [-0.4, -0.2) is 42.6 Å². The molecule has 0 radical (unpaired) electrons. The van der Waals surface area contributed by atoms with E-state index in [4.69, 9.17) is 14.2 Å². The minimum absolute atomic E-state index is 0.224. The van der Waals surface area contributed by atoms with E-state index in [1.807, 2.05) is 0 Å². The molecule has 8 nitrogen and oxygen atoms in total. The summed E-state index contributed by atoms with van der Waals surface area (Å²) in [7, 11) is 4.61. The van der Waals surface area contributed by atoms with Gasteiger partial charge in [0.05, 0.1) is 27.5 Å². The number of carbonyl (C=O) groups excluding carboxylic acids is 1. The lowest BCUT2D eigenvalue weighted by Gasteiger charge is -2.14. The van der Waals surface area contributed by atoms with Gasteiger partial charge in [0.1, 0.15) is 0 Å². The number of ether oxygens (including phenoxy) is 3. The van der Waals surface area contributed by atoms with Gasteiger partial charge in [0.2, 0.25) is 5.75 Å². The Morgan fingerprint density at radius 2 is 1.86 bits per heavy atom. The third kappa shape index (κ3) is 3.22. The zero-order valence-electron chi connectivity index (χ0n) is 12.0. The molecular weight excluding hydrogens is 276 g/mol. The summed E-state index contributed by atoms with van der Waals surface area (Å²) >= 11 is 0. The molecule has 8 heteroatoms. The Morgan fingerprint density at radius 3 is 2.33 bits per heavy atom. The predicted molar refractivity (Wildman–Crippen MR) is 73.7 cm³/mol. The summed E-state index contributed by atoms with van der Waals surface area (Å²) in [4.78, 5) is 11.8. The molecule has 0 aliphatic heterocycles.